The van der Waals surface area contributed by atoms with Crippen LogP contribution in [0.15, 0.2) is 67.0 Å². The van der Waals surface area contributed by atoms with Gasteiger partial charge in [-0.1, -0.05) is 35.9 Å². The van der Waals surface area contributed by atoms with E-state index < -0.39 is 5.97 Å². The zero-order valence-corrected chi connectivity index (χ0v) is 27.1. The number of ether oxygens (including phenoxy) is 3. The second-order valence-electron chi connectivity index (χ2n) is 11.1. The molecule has 1 aliphatic heterocycles. The van der Waals surface area contributed by atoms with Crippen LogP contribution in [-0.4, -0.2) is 66.1 Å². The lowest BCUT2D eigenvalue weighted by atomic mass is 10.1. The Morgan fingerprint density at radius 2 is 1.91 bits per heavy atom. The highest BCUT2D eigenvalue weighted by molar-refractivity contribution is 6.31. The van der Waals surface area contributed by atoms with Crippen LogP contribution < -0.4 is 24.4 Å². The number of benzene rings is 3. The smallest absolute Gasteiger partial charge is 0.305 e. The molecule has 1 aromatic heterocycles. The number of para-hydroxylation sites is 1. The minimum absolute atomic E-state index is 0.00196. The number of hydrogen-bond donors (Lipinski definition) is 2. The van der Waals surface area contributed by atoms with Crippen molar-refractivity contribution < 1.29 is 33.7 Å². The van der Waals surface area contributed by atoms with Crippen LogP contribution >= 0.6 is 11.6 Å². The first-order valence-corrected chi connectivity index (χ1v) is 15.8. The summed E-state index contributed by atoms with van der Waals surface area (Å²) < 4.78 is 19.4. The monoisotopic (exact) mass is 660 g/mol. The fraction of sp³-hybridized carbons (Fsp3) is 0.314. The van der Waals surface area contributed by atoms with Crippen molar-refractivity contribution in [3.05, 3.63) is 88.7 Å². The number of anilines is 1. The highest BCUT2D eigenvalue weighted by Crippen LogP contribution is 2.40. The zero-order chi connectivity index (χ0) is 33.3. The number of carbonyl (C=O) groups is 3. The lowest BCUT2D eigenvalue weighted by molar-refractivity contribution is -0.136. The third kappa shape index (κ3) is 8.23. The molecule has 1 aliphatic rings. The molecule has 11 nitrogen and oxygen atoms in total. The van der Waals surface area contributed by atoms with E-state index in [1.54, 1.807) is 34.0 Å². The van der Waals surface area contributed by atoms with E-state index >= 15 is 0 Å². The Labute approximate surface area is 278 Å². The number of nitrogens with zero attached hydrogens (tertiary/aromatic N) is 3. The summed E-state index contributed by atoms with van der Waals surface area (Å²) in [6, 6.07) is 16.4. The van der Waals surface area contributed by atoms with Crippen molar-refractivity contribution in [3.63, 3.8) is 0 Å². The van der Waals surface area contributed by atoms with Crippen LogP contribution in [0, 0.1) is 6.92 Å². The number of methoxy groups -OCH3 is 1. The van der Waals surface area contributed by atoms with Crippen molar-refractivity contribution in [2.75, 3.05) is 38.3 Å². The fourth-order valence-electron chi connectivity index (χ4n) is 5.34. The van der Waals surface area contributed by atoms with Crippen LogP contribution in [0.2, 0.25) is 5.02 Å². The molecule has 0 aliphatic carbocycles. The Morgan fingerprint density at radius 3 is 2.72 bits per heavy atom. The van der Waals surface area contributed by atoms with Crippen LogP contribution in [0.5, 0.6) is 17.2 Å². The number of carboxylic acid groups (broad SMARTS) is 1. The molecule has 5 rings (SSSR count). The van der Waals surface area contributed by atoms with E-state index in [-0.39, 0.29) is 24.8 Å². The number of nitrogens with one attached hydrogen (secondary N) is 1. The number of aromatic nitrogens is 2. The van der Waals surface area contributed by atoms with Crippen LogP contribution in [0.4, 0.5) is 5.69 Å². The highest BCUT2D eigenvalue weighted by Gasteiger charge is 2.25. The molecule has 0 atom stereocenters. The maximum Gasteiger partial charge on any atom is 0.305 e. The Hall–Kier alpha value is -5.03. The molecule has 47 heavy (non-hydrogen) atoms. The second kappa shape index (κ2) is 15.5. The lowest BCUT2D eigenvalue weighted by Crippen LogP contribution is -2.31. The molecular formula is C35H37ClN4O7. The summed E-state index contributed by atoms with van der Waals surface area (Å²) in [5, 5.41) is 16.6. The van der Waals surface area contributed by atoms with Crippen molar-refractivity contribution in [1.82, 2.24) is 15.1 Å². The molecule has 0 fully saturated rings. The second-order valence-corrected chi connectivity index (χ2v) is 11.5. The minimum Gasteiger partial charge on any atom is -0.496 e. The molecule has 2 heterocycles. The van der Waals surface area contributed by atoms with Crippen LogP contribution in [-0.2, 0) is 16.1 Å². The number of aliphatic carboxylic acids is 1. The number of hydrogen-bond acceptors (Lipinski definition) is 7. The Kier molecular flexibility index (Phi) is 11.0. The van der Waals surface area contributed by atoms with E-state index in [0.717, 1.165) is 33.7 Å². The quantitative estimate of drug-likeness (QED) is 0.173. The van der Waals surface area contributed by atoms with Crippen molar-refractivity contribution in [3.8, 4) is 28.4 Å². The largest absolute Gasteiger partial charge is 0.496 e. The van der Waals surface area contributed by atoms with Crippen molar-refractivity contribution in [2.24, 2.45) is 0 Å². The molecule has 3 aromatic carbocycles. The van der Waals surface area contributed by atoms with Gasteiger partial charge in [-0.25, -0.2) is 0 Å². The molecule has 0 radical (unpaired) electrons. The summed E-state index contributed by atoms with van der Waals surface area (Å²) in [5.41, 5.74) is 4.43. The third-order valence-electron chi connectivity index (χ3n) is 7.82. The van der Waals surface area contributed by atoms with E-state index in [4.69, 9.17) is 30.9 Å². The van der Waals surface area contributed by atoms with Gasteiger partial charge in [0.2, 0.25) is 5.91 Å². The van der Waals surface area contributed by atoms with Gasteiger partial charge >= 0.3 is 5.97 Å². The Morgan fingerprint density at radius 1 is 1.09 bits per heavy atom. The van der Waals surface area contributed by atoms with Gasteiger partial charge in [-0.3, -0.25) is 19.1 Å². The van der Waals surface area contributed by atoms with Crippen LogP contribution in [0.3, 0.4) is 0 Å². The molecular weight excluding hydrogens is 624 g/mol. The normalized spacial score (nSPS) is 12.4. The van der Waals surface area contributed by atoms with E-state index in [2.05, 4.69) is 10.4 Å². The van der Waals surface area contributed by atoms with Crippen molar-refractivity contribution >= 4 is 35.1 Å². The van der Waals surface area contributed by atoms with Crippen molar-refractivity contribution in [1.29, 1.82) is 0 Å². The predicted molar refractivity (Wildman–Crippen MR) is 178 cm³/mol. The van der Waals surface area contributed by atoms with E-state index in [1.807, 2.05) is 49.5 Å². The standard InChI is InChI=1S/C35H37ClN4O7/c1-23-28(36)8-4-10-30(23)46-17-5-11-32(41)40-16-6-18-47-34-27(7-3-9-29(34)40)26-20-38-39(22-26)21-25-13-12-24(19-31(25)45-2)35(44)37-15-14-33(42)43/h3-4,7-10,12-13,19-20,22H,5-6,11,14-18,21H2,1-2H3,(H,37,44)(H,42,43). The molecule has 0 unspecified atom stereocenters. The number of rotatable bonds is 13. The molecule has 12 heteroatoms. The van der Waals surface area contributed by atoms with Crippen LogP contribution in [0.1, 0.15) is 47.2 Å². The Balaban J connectivity index is 1.26. The zero-order valence-electron chi connectivity index (χ0n) is 26.3. The van der Waals surface area contributed by atoms with Gasteiger partial charge in [0, 0.05) is 58.5 Å². The topological polar surface area (TPSA) is 132 Å². The SMILES string of the molecule is COc1cc(C(=O)NCCC(=O)O)ccc1Cn1cc(-c2cccc3c2OCCCN3C(=O)CCCOc2cccc(Cl)c2C)cn1. The Bertz CT molecular complexity index is 1760. The van der Waals surface area contributed by atoms with E-state index in [1.165, 1.54) is 7.11 Å². The maximum atomic E-state index is 13.4. The summed E-state index contributed by atoms with van der Waals surface area (Å²) in [4.78, 5) is 38.4. The number of carboxylic acids is 1. The number of fused-ring (bicyclic) bond motifs is 1. The summed E-state index contributed by atoms with van der Waals surface area (Å²) in [6.45, 7) is 3.75. The van der Waals surface area contributed by atoms with E-state index in [0.29, 0.717) is 67.7 Å². The van der Waals surface area contributed by atoms with Gasteiger partial charge in [0.25, 0.3) is 5.91 Å². The fourth-order valence-corrected chi connectivity index (χ4v) is 5.51. The molecule has 0 saturated carbocycles. The van der Waals surface area contributed by atoms with Gasteiger partial charge in [0.15, 0.2) is 5.75 Å². The minimum atomic E-state index is -0.983. The first-order valence-electron chi connectivity index (χ1n) is 15.4. The maximum absolute atomic E-state index is 13.4. The highest BCUT2D eigenvalue weighted by atomic mass is 35.5. The van der Waals surface area contributed by atoms with Gasteiger partial charge in [-0.2, -0.15) is 5.10 Å². The first kappa shape index (κ1) is 33.3. The van der Waals surface area contributed by atoms with Gasteiger partial charge < -0.3 is 29.5 Å². The first-order chi connectivity index (χ1) is 22.7. The van der Waals surface area contributed by atoms with Gasteiger partial charge in [-0.05, 0) is 50.1 Å². The van der Waals surface area contributed by atoms with Gasteiger partial charge in [0.1, 0.15) is 11.5 Å². The third-order valence-corrected chi connectivity index (χ3v) is 8.23. The van der Waals surface area contributed by atoms with Crippen LogP contribution in [0.25, 0.3) is 11.1 Å². The summed E-state index contributed by atoms with van der Waals surface area (Å²) in [7, 11) is 1.52. The molecule has 0 saturated heterocycles. The lowest BCUT2D eigenvalue weighted by Gasteiger charge is -2.23. The molecule has 0 spiro atoms. The average Bonchev–Trinajstić information content (AvgIpc) is 3.41. The molecule has 246 valence electrons. The van der Waals surface area contributed by atoms with Crippen molar-refractivity contribution in [2.45, 2.75) is 39.2 Å². The number of carbonyl (C=O) groups excluding carboxylic acids is 2. The molecule has 2 amide bonds. The molecule has 0 bridgehead atoms. The predicted octanol–water partition coefficient (Wildman–Crippen LogP) is 5.75. The molecule has 4 aromatic rings. The number of halogens is 1. The number of amides is 2. The summed E-state index contributed by atoms with van der Waals surface area (Å²) >= 11 is 6.20. The van der Waals surface area contributed by atoms with Gasteiger partial charge in [-0.15, -0.1) is 0 Å². The summed E-state index contributed by atoms with van der Waals surface area (Å²) in [6.07, 6.45) is 5.08. The van der Waals surface area contributed by atoms with Gasteiger partial charge in [0.05, 0.1) is 45.2 Å². The molecule has 2 N–H and O–H groups in total. The average molecular weight is 661 g/mol. The van der Waals surface area contributed by atoms with E-state index in [9.17, 15) is 14.4 Å². The summed E-state index contributed by atoms with van der Waals surface area (Å²) in [5.74, 6) is 0.504.